The number of para-hydroxylation sites is 1. The summed E-state index contributed by atoms with van der Waals surface area (Å²) in [6, 6.07) is 11.8. The maximum absolute atomic E-state index is 5.63. The molecule has 0 unspecified atom stereocenters. The first kappa shape index (κ1) is 12.6. The zero-order valence-corrected chi connectivity index (χ0v) is 10.8. The zero-order valence-electron chi connectivity index (χ0n) is 10.8. The van der Waals surface area contributed by atoms with Crippen LogP contribution in [0.4, 0.5) is 0 Å². The van der Waals surface area contributed by atoms with Gasteiger partial charge >= 0.3 is 0 Å². The molecule has 0 amide bonds. The maximum Gasteiger partial charge on any atom is 0.150 e. The van der Waals surface area contributed by atoms with Gasteiger partial charge in [0.15, 0.2) is 5.76 Å². The number of hydrogen-bond acceptors (Lipinski definition) is 4. The highest BCUT2D eigenvalue weighted by Gasteiger charge is 2.05. The van der Waals surface area contributed by atoms with Crippen LogP contribution < -0.4 is 4.74 Å². The van der Waals surface area contributed by atoms with Crippen molar-refractivity contribution < 1.29 is 9.26 Å². The number of hydrogen-bond donors (Lipinski definition) is 0. The molecule has 2 rings (SSSR count). The van der Waals surface area contributed by atoms with Crippen LogP contribution in [-0.4, -0.2) is 30.3 Å². The van der Waals surface area contributed by atoms with Gasteiger partial charge in [0.25, 0.3) is 0 Å². The molecule has 96 valence electrons. The Morgan fingerprint density at radius 3 is 2.72 bits per heavy atom. The molecule has 2 aromatic rings. The predicted octanol–water partition coefficient (Wildman–Crippen LogP) is 2.49. The van der Waals surface area contributed by atoms with Gasteiger partial charge in [-0.2, -0.15) is 0 Å². The molecule has 0 aliphatic carbocycles. The van der Waals surface area contributed by atoms with E-state index in [0.29, 0.717) is 6.61 Å². The van der Waals surface area contributed by atoms with E-state index in [1.807, 2.05) is 50.4 Å². The van der Waals surface area contributed by atoms with Gasteiger partial charge in [0.2, 0.25) is 0 Å². The van der Waals surface area contributed by atoms with Crippen LogP contribution in [0.25, 0.3) is 0 Å². The van der Waals surface area contributed by atoms with Crippen molar-refractivity contribution in [2.75, 3.05) is 20.2 Å². The van der Waals surface area contributed by atoms with E-state index in [1.165, 1.54) is 0 Å². The number of likely N-dealkylation sites (N-methyl/N-ethyl adjacent to an activating group) is 1. The molecule has 0 spiro atoms. The average Bonchev–Trinajstić information content (AvgIpc) is 2.76. The van der Waals surface area contributed by atoms with Crippen molar-refractivity contribution in [3.63, 3.8) is 0 Å². The van der Waals surface area contributed by atoms with Gasteiger partial charge in [0.1, 0.15) is 12.4 Å². The first-order valence-corrected chi connectivity index (χ1v) is 6.02. The fourth-order valence-corrected chi connectivity index (χ4v) is 1.67. The predicted molar refractivity (Wildman–Crippen MR) is 69.5 cm³/mol. The van der Waals surface area contributed by atoms with E-state index in [4.69, 9.17) is 9.26 Å². The van der Waals surface area contributed by atoms with Gasteiger partial charge in [-0.25, -0.2) is 0 Å². The van der Waals surface area contributed by atoms with Crippen molar-refractivity contribution >= 4 is 0 Å². The molecule has 0 fully saturated rings. The molecule has 0 saturated heterocycles. The van der Waals surface area contributed by atoms with Crippen molar-refractivity contribution in [2.24, 2.45) is 0 Å². The largest absolute Gasteiger partial charge is 0.492 e. The molecule has 0 saturated carbocycles. The Hall–Kier alpha value is -1.81. The Bertz CT molecular complexity index is 468. The van der Waals surface area contributed by atoms with E-state index in [2.05, 4.69) is 10.1 Å². The van der Waals surface area contributed by atoms with Crippen molar-refractivity contribution in [1.29, 1.82) is 0 Å². The highest BCUT2D eigenvalue weighted by molar-refractivity contribution is 5.20. The number of benzene rings is 1. The monoisotopic (exact) mass is 246 g/mol. The molecule has 0 aliphatic rings. The van der Waals surface area contributed by atoms with E-state index in [1.54, 1.807) is 0 Å². The maximum atomic E-state index is 5.63. The summed E-state index contributed by atoms with van der Waals surface area (Å²) in [4.78, 5) is 2.14. The summed E-state index contributed by atoms with van der Waals surface area (Å²) >= 11 is 0. The molecule has 0 bridgehead atoms. The second-order valence-electron chi connectivity index (χ2n) is 4.33. The molecule has 0 N–H and O–H groups in total. The van der Waals surface area contributed by atoms with Gasteiger partial charge in [-0.1, -0.05) is 23.4 Å². The van der Waals surface area contributed by atoms with Crippen LogP contribution in [0.1, 0.15) is 11.5 Å². The summed E-state index contributed by atoms with van der Waals surface area (Å²) in [7, 11) is 2.03. The van der Waals surface area contributed by atoms with Gasteiger partial charge in [-0.15, -0.1) is 0 Å². The Balaban J connectivity index is 1.70. The first-order valence-electron chi connectivity index (χ1n) is 6.02. The average molecular weight is 246 g/mol. The Morgan fingerprint density at radius 2 is 2.06 bits per heavy atom. The molecule has 0 radical (unpaired) electrons. The summed E-state index contributed by atoms with van der Waals surface area (Å²) in [5, 5.41) is 3.86. The SMILES string of the molecule is Cc1cc(CN(C)CCOc2ccccc2)on1. The topological polar surface area (TPSA) is 38.5 Å². The van der Waals surface area contributed by atoms with E-state index < -0.39 is 0 Å². The summed E-state index contributed by atoms with van der Waals surface area (Å²) < 4.78 is 10.8. The molecular weight excluding hydrogens is 228 g/mol. The zero-order chi connectivity index (χ0) is 12.8. The lowest BCUT2D eigenvalue weighted by atomic mass is 10.3. The third-order valence-corrected chi connectivity index (χ3v) is 2.59. The Kier molecular flexibility index (Phi) is 4.36. The second-order valence-corrected chi connectivity index (χ2v) is 4.33. The molecule has 1 heterocycles. The standard InChI is InChI=1S/C14H18N2O2/c1-12-10-14(18-15-12)11-16(2)8-9-17-13-6-4-3-5-7-13/h3-7,10H,8-9,11H2,1-2H3. The van der Waals surface area contributed by atoms with Crippen LogP contribution in [-0.2, 0) is 6.54 Å². The Morgan fingerprint density at radius 1 is 1.28 bits per heavy atom. The van der Waals surface area contributed by atoms with Gasteiger partial charge in [0.05, 0.1) is 12.2 Å². The molecule has 4 heteroatoms. The normalized spacial score (nSPS) is 10.8. The van der Waals surface area contributed by atoms with Crippen LogP contribution in [0.15, 0.2) is 40.9 Å². The van der Waals surface area contributed by atoms with Gasteiger partial charge in [-0.3, -0.25) is 4.90 Å². The molecule has 0 atom stereocenters. The third-order valence-electron chi connectivity index (χ3n) is 2.59. The lowest BCUT2D eigenvalue weighted by Crippen LogP contribution is -2.23. The summed E-state index contributed by atoms with van der Waals surface area (Å²) in [6.45, 7) is 4.17. The van der Waals surface area contributed by atoms with E-state index >= 15 is 0 Å². The number of nitrogens with zero attached hydrogens (tertiary/aromatic N) is 2. The van der Waals surface area contributed by atoms with E-state index in [-0.39, 0.29) is 0 Å². The Labute approximate surface area is 107 Å². The van der Waals surface area contributed by atoms with Crippen LogP contribution in [0.3, 0.4) is 0 Å². The summed E-state index contributed by atoms with van der Waals surface area (Å²) in [6.07, 6.45) is 0. The highest BCUT2D eigenvalue weighted by Crippen LogP contribution is 2.08. The number of ether oxygens (including phenoxy) is 1. The second kappa shape index (κ2) is 6.21. The fourth-order valence-electron chi connectivity index (χ4n) is 1.67. The minimum atomic E-state index is 0.660. The van der Waals surface area contributed by atoms with Crippen LogP contribution in [0.5, 0.6) is 5.75 Å². The van der Waals surface area contributed by atoms with Crippen molar-refractivity contribution in [1.82, 2.24) is 10.1 Å². The minimum absolute atomic E-state index is 0.660. The minimum Gasteiger partial charge on any atom is -0.492 e. The van der Waals surface area contributed by atoms with Crippen molar-refractivity contribution in [2.45, 2.75) is 13.5 Å². The summed E-state index contributed by atoms with van der Waals surface area (Å²) in [5.74, 6) is 1.79. The molecule has 1 aromatic carbocycles. The fraction of sp³-hybridized carbons (Fsp3) is 0.357. The highest BCUT2D eigenvalue weighted by atomic mass is 16.5. The van der Waals surface area contributed by atoms with E-state index in [0.717, 1.165) is 30.3 Å². The van der Waals surface area contributed by atoms with Gasteiger partial charge < -0.3 is 9.26 Å². The quantitative estimate of drug-likeness (QED) is 0.785. The molecular formula is C14H18N2O2. The molecule has 4 nitrogen and oxygen atoms in total. The lowest BCUT2D eigenvalue weighted by Gasteiger charge is -2.15. The number of rotatable bonds is 6. The van der Waals surface area contributed by atoms with Crippen molar-refractivity contribution in [3.05, 3.63) is 47.9 Å². The van der Waals surface area contributed by atoms with Gasteiger partial charge in [0, 0.05) is 12.6 Å². The lowest BCUT2D eigenvalue weighted by molar-refractivity contribution is 0.215. The van der Waals surface area contributed by atoms with Crippen LogP contribution in [0.2, 0.25) is 0 Å². The third kappa shape index (κ3) is 3.89. The first-order chi connectivity index (χ1) is 8.74. The van der Waals surface area contributed by atoms with Crippen LogP contribution in [0, 0.1) is 6.92 Å². The molecule has 0 aliphatic heterocycles. The van der Waals surface area contributed by atoms with E-state index in [9.17, 15) is 0 Å². The van der Waals surface area contributed by atoms with Gasteiger partial charge in [-0.05, 0) is 26.1 Å². The smallest absolute Gasteiger partial charge is 0.150 e. The van der Waals surface area contributed by atoms with Crippen molar-refractivity contribution in [3.8, 4) is 5.75 Å². The number of aryl methyl sites for hydroxylation is 1. The van der Waals surface area contributed by atoms with Crippen LogP contribution >= 0.6 is 0 Å². The number of aromatic nitrogens is 1. The molecule has 1 aromatic heterocycles. The molecule has 18 heavy (non-hydrogen) atoms. The summed E-state index contributed by atoms with van der Waals surface area (Å²) in [5.41, 5.74) is 0.916.